The molecule has 2 unspecified atom stereocenters. The van der Waals surface area contributed by atoms with Crippen LogP contribution >= 0.6 is 27.3 Å². The molecule has 2 heterocycles. The minimum absolute atomic E-state index is 0.0323. The molecule has 0 aromatic carbocycles. The third kappa shape index (κ3) is 2.36. The van der Waals surface area contributed by atoms with E-state index in [1.54, 1.807) is 11.3 Å². The molecule has 2 aromatic heterocycles. The minimum Gasteiger partial charge on any atom is -0.326 e. The van der Waals surface area contributed by atoms with Crippen molar-refractivity contribution in [2.24, 2.45) is 5.73 Å². The number of halogens is 1. The van der Waals surface area contributed by atoms with Gasteiger partial charge in [-0.2, -0.15) is 5.10 Å². The lowest BCUT2D eigenvalue weighted by molar-refractivity contribution is 0.458. The van der Waals surface area contributed by atoms with Crippen LogP contribution in [0.1, 0.15) is 23.5 Å². The van der Waals surface area contributed by atoms with Gasteiger partial charge in [0.15, 0.2) is 0 Å². The van der Waals surface area contributed by atoms with Crippen LogP contribution < -0.4 is 5.73 Å². The van der Waals surface area contributed by atoms with Gasteiger partial charge in [-0.3, -0.25) is 4.68 Å². The lowest BCUT2D eigenvalue weighted by atomic mass is 10.1. The zero-order valence-corrected chi connectivity index (χ0v) is 11.6. The Balaban J connectivity index is 2.38. The lowest BCUT2D eigenvalue weighted by Crippen LogP contribution is -2.30. The highest BCUT2D eigenvalue weighted by atomic mass is 79.9. The van der Waals surface area contributed by atoms with Gasteiger partial charge in [-0.05, 0) is 48.0 Å². The fourth-order valence-corrected chi connectivity index (χ4v) is 3.34. The Hall–Kier alpha value is -0.650. The second-order valence-corrected chi connectivity index (χ2v) is 6.38. The number of rotatable bonds is 3. The molecule has 2 aromatic rings. The van der Waals surface area contributed by atoms with Gasteiger partial charge >= 0.3 is 0 Å². The molecule has 0 aliphatic carbocycles. The average Bonchev–Trinajstić information content (AvgIpc) is 2.76. The van der Waals surface area contributed by atoms with Crippen molar-refractivity contribution in [2.45, 2.75) is 25.9 Å². The van der Waals surface area contributed by atoms with E-state index >= 15 is 0 Å². The van der Waals surface area contributed by atoms with Crippen molar-refractivity contribution >= 4 is 27.3 Å². The summed E-state index contributed by atoms with van der Waals surface area (Å²) < 4.78 is 3.06. The molecular weight excluding hydrogens is 286 g/mol. The molecule has 0 saturated carbocycles. The maximum atomic E-state index is 6.05. The summed E-state index contributed by atoms with van der Waals surface area (Å²) in [6, 6.07) is 6.29. The minimum atomic E-state index is 0.0323. The van der Waals surface area contributed by atoms with Gasteiger partial charge in [0.05, 0.1) is 9.48 Å². The van der Waals surface area contributed by atoms with Gasteiger partial charge in [-0.1, -0.05) is 0 Å². The third-order valence-corrected chi connectivity index (χ3v) is 4.10. The van der Waals surface area contributed by atoms with Gasteiger partial charge in [-0.15, -0.1) is 11.3 Å². The van der Waals surface area contributed by atoms with Gasteiger partial charge in [0.1, 0.15) is 6.04 Å². The van der Waals surface area contributed by atoms with E-state index < -0.39 is 0 Å². The molecule has 0 bridgehead atoms. The Kier molecular flexibility index (Phi) is 3.47. The van der Waals surface area contributed by atoms with Gasteiger partial charge in [0, 0.05) is 17.1 Å². The SMILES string of the molecule is Cc1ccn(C(c2ccc(Br)s2)C(C)N)n1. The summed E-state index contributed by atoms with van der Waals surface area (Å²) in [5.74, 6) is 0. The Morgan fingerprint density at radius 1 is 1.44 bits per heavy atom. The van der Waals surface area contributed by atoms with Crippen LogP contribution in [0, 0.1) is 6.92 Å². The Morgan fingerprint density at radius 2 is 2.19 bits per heavy atom. The van der Waals surface area contributed by atoms with Gasteiger partial charge < -0.3 is 5.73 Å². The van der Waals surface area contributed by atoms with Crippen molar-refractivity contribution in [3.8, 4) is 0 Å². The second kappa shape index (κ2) is 4.69. The van der Waals surface area contributed by atoms with Crippen LogP contribution in [0.5, 0.6) is 0 Å². The number of aromatic nitrogens is 2. The molecule has 0 aliphatic rings. The molecule has 0 aliphatic heterocycles. The molecule has 0 radical (unpaired) electrons. The van der Waals surface area contributed by atoms with Crippen molar-refractivity contribution in [2.75, 3.05) is 0 Å². The number of aryl methyl sites for hydroxylation is 1. The molecule has 2 rings (SSSR count). The largest absolute Gasteiger partial charge is 0.326 e. The van der Waals surface area contributed by atoms with E-state index in [4.69, 9.17) is 5.73 Å². The van der Waals surface area contributed by atoms with Crippen molar-refractivity contribution in [1.82, 2.24) is 9.78 Å². The molecule has 2 N–H and O–H groups in total. The Bertz CT molecular complexity index is 435. The Labute approximate surface area is 107 Å². The summed E-state index contributed by atoms with van der Waals surface area (Å²) in [6.07, 6.45) is 1.98. The first-order chi connectivity index (χ1) is 7.58. The highest BCUT2D eigenvalue weighted by molar-refractivity contribution is 9.11. The van der Waals surface area contributed by atoms with Crippen molar-refractivity contribution < 1.29 is 0 Å². The van der Waals surface area contributed by atoms with E-state index in [9.17, 15) is 0 Å². The maximum Gasteiger partial charge on any atom is 0.101 e. The summed E-state index contributed by atoms with van der Waals surface area (Å²) in [6.45, 7) is 3.99. The first-order valence-corrected chi connectivity index (χ1v) is 6.71. The summed E-state index contributed by atoms with van der Waals surface area (Å²) in [5, 5.41) is 4.45. The fourth-order valence-electron chi connectivity index (χ4n) is 1.71. The molecule has 0 fully saturated rings. The first-order valence-electron chi connectivity index (χ1n) is 5.10. The molecule has 16 heavy (non-hydrogen) atoms. The fraction of sp³-hybridized carbons (Fsp3) is 0.364. The van der Waals surface area contributed by atoms with E-state index in [0.29, 0.717) is 0 Å². The quantitative estimate of drug-likeness (QED) is 0.947. The van der Waals surface area contributed by atoms with Gasteiger partial charge in [0.25, 0.3) is 0 Å². The summed E-state index contributed by atoms with van der Waals surface area (Å²) in [5.41, 5.74) is 7.06. The topological polar surface area (TPSA) is 43.8 Å². The van der Waals surface area contributed by atoms with Gasteiger partial charge in [0.2, 0.25) is 0 Å². The van der Waals surface area contributed by atoms with Crippen molar-refractivity contribution in [3.63, 3.8) is 0 Å². The summed E-state index contributed by atoms with van der Waals surface area (Å²) in [4.78, 5) is 1.23. The molecule has 86 valence electrons. The predicted octanol–water partition coefficient (Wildman–Crippen LogP) is 2.95. The predicted molar refractivity (Wildman–Crippen MR) is 70.8 cm³/mol. The monoisotopic (exact) mass is 299 g/mol. The highest BCUT2D eigenvalue weighted by Gasteiger charge is 2.20. The van der Waals surface area contributed by atoms with Crippen LogP contribution in [0.2, 0.25) is 0 Å². The molecular formula is C11H14BrN3S. The standard InChI is InChI=1S/C11H14BrN3S/c1-7-5-6-15(14-7)11(8(2)13)9-3-4-10(12)16-9/h3-6,8,11H,13H2,1-2H3. The van der Waals surface area contributed by atoms with E-state index in [1.165, 1.54) is 4.88 Å². The molecule has 3 nitrogen and oxygen atoms in total. The molecule has 0 saturated heterocycles. The smallest absolute Gasteiger partial charge is 0.101 e. The van der Waals surface area contributed by atoms with Crippen LogP contribution in [0.4, 0.5) is 0 Å². The average molecular weight is 300 g/mol. The van der Waals surface area contributed by atoms with Crippen LogP contribution in [-0.2, 0) is 0 Å². The van der Waals surface area contributed by atoms with Gasteiger partial charge in [-0.25, -0.2) is 0 Å². The number of nitrogens with two attached hydrogens (primary N) is 1. The molecule has 5 heteroatoms. The van der Waals surface area contributed by atoms with Crippen LogP contribution in [0.3, 0.4) is 0 Å². The normalized spacial score (nSPS) is 15.0. The number of hydrogen-bond acceptors (Lipinski definition) is 3. The second-order valence-electron chi connectivity index (χ2n) is 3.88. The highest BCUT2D eigenvalue weighted by Crippen LogP contribution is 2.30. The van der Waals surface area contributed by atoms with Crippen LogP contribution in [-0.4, -0.2) is 15.8 Å². The van der Waals surface area contributed by atoms with E-state index in [-0.39, 0.29) is 12.1 Å². The van der Waals surface area contributed by atoms with Crippen molar-refractivity contribution in [3.05, 3.63) is 38.8 Å². The summed E-state index contributed by atoms with van der Waals surface area (Å²) >= 11 is 5.18. The summed E-state index contributed by atoms with van der Waals surface area (Å²) in [7, 11) is 0. The first kappa shape index (κ1) is 11.8. The number of hydrogen-bond donors (Lipinski definition) is 1. The van der Waals surface area contributed by atoms with Crippen molar-refractivity contribution in [1.29, 1.82) is 0 Å². The van der Waals surface area contributed by atoms with E-state index in [2.05, 4.69) is 27.1 Å². The number of thiophene rings is 1. The zero-order valence-electron chi connectivity index (χ0n) is 9.22. The number of nitrogens with zero attached hydrogens (tertiary/aromatic N) is 2. The molecule has 2 atom stereocenters. The van der Waals surface area contributed by atoms with E-state index in [1.807, 2.05) is 36.9 Å². The van der Waals surface area contributed by atoms with Crippen LogP contribution in [0.15, 0.2) is 28.2 Å². The maximum absolute atomic E-state index is 6.05. The zero-order chi connectivity index (χ0) is 11.7. The Morgan fingerprint density at radius 3 is 2.62 bits per heavy atom. The van der Waals surface area contributed by atoms with E-state index in [0.717, 1.165) is 9.48 Å². The lowest BCUT2D eigenvalue weighted by Gasteiger charge is -2.19. The molecule has 0 spiro atoms. The van der Waals surface area contributed by atoms with Crippen LogP contribution in [0.25, 0.3) is 0 Å². The third-order valence-electron chi connectivity index (χ3n) is 2.41. The molecule has 0 amide bonds.